The molecule has 0 saturated heterocycles. The summed E-state index contributed by atoms with van der Waals surface area (Å²) in [6, 6.07) is 4.24. The number of aromatic carboxylic acids is 1. The number of hydrogen-bond donors (Lipinski definition) is 2. The molecule has 0 heterocycles. The zero-order valence-corrected chi connectivity index (χ0v) is 13.6. The van der Waals surface area contributed by atoms with Crippen LogP contribution in [0.15, 0.2) is 23.1 Å². The van der Waals surface area contributed by atoms with E-state index in [1.165, 1.54) is 25.1 Å². The lowest BCUT2D eigenvalue weighted by Gasteiger charge is -2.20. The van der Waals surface area contributed by atoms with Gasteiger partial charge in [-0.2, -0.15) is 11.8 Å². The molecule has 2 atom stereocenters. The van der Waals surface area contributed by atoms with E-state index >= 15 is 0 Å². The Kier molecular flexibility index (Phi) is 4.95. The number of carboxylic acids is 1. The fraction of sp³-hybridized carbons (Fsp3) is 0.500. The van der Waals surface area contributed by atoms with Gasteiger partial charge in [-0.25, -0.2) is 17.9 Å². The molecule has 1 aliphatic carbocycles. The summed E-state index contributed by atoms with van der Waals surface area (Å²) in [6.07, 6.45) is 4.81. The fourth-order valence-corrected chi connectivity index (χ4v) is 5.34. The van der Waals surface area contributed by atoms with E-state index in [1.807, 2.05) is 6.26 Å². The molecule has 7 heteroatoms. The highest BCUT2D eigenvalue weighted by Gasteiger charge is 2.31. The maximum Gasteiger partial charge on any atom is 0.335 e. The first-order chi connectivity index (χ1) is 9.86. The maximum atomic E-state index is 12.5. The molecule has 2 unspecified atom stereocenters. The van der Waals surface area contributed by atoms with Gasteiger partial charge in [0.1, 0.15) is 0 Å². The van der Waals surface area contributed by atoms with Gasteiger partial charge in [0.05, 0.1) is 10.5 Å². The quantitative estimate of drug-likeness (QED) is 0.866. The van der Waals surface area contributed by atoms with Gasteiger partial charge in [0, 0.05) is 11.3 Å². The molecule has 21 heavy (non-hydrogen) atoms. The molecule has 0 radical (unpaired) electrons. The minimum absolute atomic E-state index is 0.0192. The number of hydrogen-bond acceptors (Lipinski definition) is 4. The molecule has 1 aromatic rings. The van der Waals surface area contributed by atoms with Crippen LogP contribution in [0.4, 0.5) is 0 Å². The summed E-state index contributed by atoms with van der Waals surface area (Å²) >= 11 is 1.67. The standard InChI is InChI=1S/C14H19NO4S2/c1-9-10(14(16)17)5-3-8-13(9)21(18,19)15-11-6-4-7-12(11)20-2/h3,5,8,11-12,15H,4,6-7H2,1-2H3,(H,16,17). The van der Waals surface area contributed by atoms with Crippen LogP contribution in [-0.4, -0.2) is 37.0 Å². The molecule has 2 N–H and O–H groups in total. The summed E-state index contributed by atoms with van der Waals surface area (Å²) in [7, 11) is -3.70. The molecule has 0 aromatic heterocycles. The highest BCUT2D eigenvalue weighted by Crippen LogP contribution is 2.30. The second kappa shape index (κ2) is 6.37. The van der Waals surface area contributed by atoms with Crippen molar-refractivity contribution in [3.05, 3.63) is 29.3 Å². The summed E-state index contributed by atoms with van der Waals surface area (Å²) in [6.45, 7) is 1.53. The Labute approximate surface area is 129 Å². The smallest absolute Gasteiger partial charge is 0.335 e. The predicted molar refractivity (Wildman–Crippen MR) is 83.4 cm³/mol. The Balaban J connectivity index is 2.32. The van der Waals surface area contributed by atoms with E-state index in [2.05, 4.69) is 4.72 Å². The average Bonchev–Trinajstić information content (AvgIpc) is 2.84. The molecule has 116 valence electrons. The van der Waals surface area contributed by atoms with Crippen molar-refractivity contribution < 1.29 is 18.3 Å². The van der Waals surface area contributed by atoms with Crippen molar-refractivity contribution in [1.82, 2.24) is 4.72 Å². The number of carbonyl (C=O) groups is 1. The average molecular weight is 329 g/mol. The second-order valence-electron chi connectivity index (χ2n) is 5.17. The first-order valence-corrected chi connectivity index (χ1v) is 9.52. The minimum atomic E-state index is -3.70. The third-order valence-corrected chi connectivity index (χ3v) is 6.67. The van der Waals surface area contributed by atoms with Crippen LogP contribution in [0.25, 0.3) is 0 Å². The molecule has 2 rings (SSSR count). The van der Waals surface area contributed by atoms with Crippen LogP contribution in [0, 0.1) is 6.92 Å². The van der Waals surface area contributed by atoms with Gasteiger partial charge < -0.3 is 5.11 Å². The Morgan fingerprint density at radius 2 is 2.10 bits per heavy atom. The predicted octanol–water partition coefficient (Wildman–Crippen LogP) is 2.26. The van der Waals surface area contributed by atoms with Gasteiger partial charge in [-0.1, -0.05) is 12.5 Å². The molecule has 1 fully saturated rings. The van der Waals surface area contributed by atoms with Crippen LogP contribution in [0.5, 0.6) is 0 Å². The number of sulfonamides is 1. The van der Waals surface area contributed by atoms with E-state index in [4.69, 9.17) is 5.11 Å². The van der Waals surface area contributed by atoms with Gasteiger partial charge in [-0.3, -0.25) is 0 Å². The third kappa shape index (κ3) is 3.41. The van der Waals surface area contributed by atoms with Gasteiger partial charge in [0.25, 0.3) is 0 Å². The molecule has 0 spiro atoms. The topological polar surface area (TPSA) is 83.5 Å². The van der Waals surface area contributed by atoms with Gasteiger partial charge in [-0.05, 0) is 43.7 Å². The van der Waals surface area contributed by atoms with Crippen molar-refractivity contribution >= 4 is 27.8 Å². The summed E-state index contributed by atoms with van der Waals surface area (Å²) in [5, 5.41) is 9.38. The lowest BCUT2D eigenvalue weighted by Crippen LogP contribution is -2.38. The zero-order chi connectivity index (χ0) is 15.6. The lowest BCUT2D eigenvalue weighted by molar-refractivity contribution is 0.0696. The van der Waals surface area contributed by atoms with Crippen molar-refractivity contribution in [2.75, 3.05) is 6.26 Å². The van der Waals surface area contributed by atoms with Gasteiger partial charge in [0.15, 0.2) is 0 Å². The van der Waals surface area contributed by atoms with Crippen molar-refractivity contribution in [3.8, 4) is 0 Å². The highest BCUT2D eigenvalue weighted by atomic mass is 32.2. The number of nitrogens with one attached hydrogen (secondary N) is 1. The van der Waals surface area contributed by atoms with Crippen molar-refractivity contribution in [2.45, 2.75) is 42.4 Å². The van der Waals surface area contributed by atoms with Crippen LogP contribution in [0.2, 0.25) is 0 Å². The van der Waals surface area contributed by atoms with E-state index < -0.39 is 16.0 Å². The van der Waals surface area contributed by atoms with Crippen LogP contribution < -0.4 is 4.72 Å². The summed E-state index contributed by atoms with van der Waals surface area (Å²) in [5.41, 5.74) is 0.293. The van der Waals surface area contributed by atoms with E-state index in [0.717, 1.165) is 19.3 Å². The van der Waals surface area contributed by atoms with Gasteiger partial charge in [0.2, 0.25) is 10.0 Å². The first kappa shape index (κ1) is 16.3. The Bertz CT molecular complexity index is 642. The van der Waals surface area contributed by atoms with Crippen LogP contribution in [0.3, 0.4) is 0 Å². The second-order valence-corrected chi connectivity index (χ2v) is 7.93. The van der Waals surface area contributed by atoms with Crippen LogP contribution in [-0.2, 0) is 10.0 Å². The molecular formula is C14H19NO4S2. The molecule has 1 aromatic carbocycles. The van der Waals surface area contributed by atoms with E-state index in [-0.39, 0.29) is 27.3 Å². The van der Waals surface area contributed by atoms with Gasteiger partial charge in [-0.15, -0.1) is 0 Å². The van der Waals surface area contributed by atoms with Crippen molar-refractivity contribution in [3.63, 3.8) is 0 Å². The molecular weight excluding hydrogens is 310 g/mol. The van der Waals surface area contributed by atoms with Crippen LogP contribution >= 0.6 is 11.8 Å². The summed E-state index contributed by atoms with van der Waals surface area (Å²) < 4.78 is 27.8. The first-order valence-electron chi connectivity index (χ1n) is 6.75. The van der Waals surface area contributed by atoms with E-state index in [0.29, 0.717) is 0 Å². The molecule has 1 saturated carbocycles. The van der Waals surface area contributed by atoms with Crippen LogP contribution in [0.1, 0.15) is 35.2 Å². The Morgan fingerprint density at radius 1 is 1.38 bits per heavy atom. The van der Waals surface area contributed by atoms with E-state index in [9.17, 15) is 13.2 Å². The Hall–Kier alpha value is -1.05. The number of benzene rings is 1. The third-order valence-electron chi connectivity index (χ3n) is 3.87. The van der Waals surface area contributed by atoms with Gasteiger partial charge >= 0.3 is 5.97 Å². The number of carboxylic acid groups (broad SMARTS) is 1. The number of rotatable bonds is 5. The minimum Gasteiger partial charge on any atom is -0.478 e. The maximum absolute atomic E-state index is 12.5. The fourth-order valence-electron chi connectivity index (χ4n) is 2.74. The molecule has 5 nitrogen and oxygen atoms in total. The molecule has 0 aliphatic heterocycles. The number of thioether (sulfide) groups is 1. The lowest BCUT2D eigenvalue weighted by atomic mass is 10.1. The Morgan fingerprint density at radius 3 is 2.71 bits per heavy atom. The van der Waals surface area contributed by atoms with E-state index in [1.54, 1.807) is 11.8 Å². The summed E-state index contributed by atoms with van der Waals surface area (Å²) in [4.78, 5) is 11.2. The summed E-state index contributed by atoms with van der Waals surface area (Å²) in [5.74, 6) is -1.12. The molecule has 0 bridgehead atoms. The normalized spacial score (nSPS) is 22.4. The largest absolute Gasteiger partial charge is 0.478 e. The van der Waals surface area contributed by atoms with Crippen molar-refractivity contribution in [1.29, 1.82) is 0 Å². The SMILES string of the molecule is CSC1CCCC1NS(=O)(=O)c1cccc(C(=O)O)c1C. The molecule has 1 aliphatic rings. The van der Waals surface area contributed by atoms with Crippen molar-refractivity contribution in [2.24, 2.45) is 0 Å². The monoisotopic (exact) mass is 329 g/mol. The molecule has 0 amide bonds. The highest BCUT2D eigenvalue weighted by molar-refractivity contribution is 7.99. The zero-order valence-electron chi connectivity index (χ0n) is 12.0.